The maximum absolute atomic E-state index is 13.0. The van der Waals surface area contributed by atoms with Crippen molar-refractivity contribution < 1.29 is 39.0 Å². The Kier molecular flexibility index (Phi) is 15.3. The average Bonchev–Trinajstić information content (AvgIpc) is 2.75. The number of nitrogens with two attached hydrogens (primary N) is 2. The second-order valence-electron chi connectivity index (χ2n) is 8.48. The third-order valence-corrected chi connectivity index (χ3v) is 5.53. The first kappa shape index (κ1) is 32.1. The molecule has 4 amide bonds. The van der Waals surface area contributed by atoms with Gasteiger partial charge in [0.05, 0.1) is 6.04 Å². The lowest BCUT2D eigenvalue weighted by Crippen LogP contribution is -2.57. The van der Waals surface area contributed by atoms with Gasteiger partial charge in [0.15, 0.2) is 0 Å². The number of carboxylic acids is 2. The quantitative estimate of drug-likeness (QED) is 0.114. The van der Waals surface area contributed by atoms with Gasteiger partial charge in [-0.05, 0) is 43.6 Å². The molecule has 0 aromatic rings. The van der Waals surface area contributed by atoms with Gasteiger partial charge in [-0.1, -0.05) is 13.8 Å². The van der Waals surface area contributed by atoms with Gasteiger partial charge in [-0.2, -0.15) is 11.8 Å². The Labute approximate surface area is 208 Å². The van der Waals surface area contributed by atoms with Crippen molar-refractivity contribution in [1.29, 1.82) is 0 Å². The molecule has 13 nitrogen and oxygen atoms in total. The Morgan fingerprint density at radius 3 is 1.83 bits per heavy atom. The van der Waals surface area contributed by atoms with Crippen LogP contribution in [0.3, 0.4) is 0 Å². The summed E-state index contributed by atoms with van der Waals surface area (Å²) < 4.78 is 0. The zero-order valence-corrected chi connectivity index (χ0v) is 21.1. The van der Waals surface area contributed by atoms with Crippen LogP contribution in [0.1, 0.15) is 52.4 Å². The zero-order valence-electron chi connectivity index (χ0n) is 20.2. The summed E-state index contributed by atoms with van der Waals surface area (Å²) in [5, 5.41) is 25.5. The molecule has 0 aliphatic carbocycles. The second-order valence-corrected chi connectivity index (χ2v) is 9.46. The summed E-state index contributed by atoms with van der Waals surface area (Å²) in [6.07, 6.45) is 1.33. The summed E-state index contributed by atoms with van der Waals surface area (Å²) >= 11 is 1.44. The van der Waals surface area contributed by atoms with E-state index in [0.717, 1.165) is 0 Å². The summed E-state index contributed by atoms with van der Waals surface area (Å²) in [6, 6.07) is -4.65. The molecular formula is C21H37N5O8S. The van der Waals surface area contributed by atoms with Crippen molar-refractivity contribution in [2.24, 2.45) is 17.4 Å². The van der Waals surface area contributed by atoms with Crippen molar-refractivity contribution in [1.82, 2.24) is 16.0 Å². The van der Waals surface area contributed by atoms with E-state index < -0.39 is 66.2 Å². The highest BCUT2D eigenvalue weighted by atomic mass is 32.2. The smallest absolute Gasteiger partial charge is 0.326 e. The monoisotopic (exact) mass is 519 g/mol. The Morgan fingerprint density at radius 2 is 1.34 bits per heavy atom. The van der Waals surface area contributed by atoms with E-state index in [9.17, 15) is 33.9 Å². The molecule has 0 saturated carbocycles. The van der Waals surface area contributed by atoms with Gasteiger partial charge in [0.25, 0.3) is 0 Å². The largest absolute Gasteiger partial charge is 0.481 e. The van der Waals surface area contributed by atoms with Crippen molar-refractivity contribution in [3.05, 3.63) is 0 Å². The molecule has 0 bridgehead atoms. The standard InChI is InChI=1S/C21H37N5O8S/c1-11(2)10-15(20(32)25-14(21(33)34)5-7-17(28)29)26-19(31)13(8-9-35-3)24-18(30)12(22)4-6-16(23)27/h11-15H,4-10,22H2,1-3H3,(H2,23,27)(H,24,30)(H,25,32)(H,26,31)(H,28,29)(H,33,34). The number of nitrogens with one attached hydrogen (secondary N) is 3. The highest BCUT2D eigenvalue weighted by Gasteiger charge is 2.30. The first-order valence-electron chi connectivity index (χ1n) is 11.2. The average molecular weight is 520 g/mol. The van der Waals surface area contributed by atoms with Crippen molar-refractivity contribution in [2.75, 3.05) is 12.0 Å². The predicted octanol–water partition coefficient (Wildman–Crippen LogP) is -1.22. The topological polar surface area (TPSA) is 231 Å². The lowest BCUT2D eigenvalue weighted by Gasteiger charge is -2.26. The van der Waals surface area contributed by atoms with Crippen molar-refractivity contribution in [3.8, 4) is 0 Å². The van der Waals surface area contributed by atoms with Crippen LogP contribution in [0.5, 0.6) is 0 Å². The van der Waals surface area contributed by atoms with Crippen LogP contribution in [-0.2, 0) is 28.8 Å². The molecule has 0 aliphatic heterocycles. The minimum Gasteiger partial charge on any atom is -0.481 e. The van der Waals surface area contributed by atoms with E-state index in [1.54, 1.807) is 13.8 Å². The van der Waals surface area contributed by atoms with Crippen molar-refractivity contribution >= 4 is 47.3 Å². The van der Waals surface area contributed by atoms with E-state index in [1.165, 1.54) is 11.8 Å². The fourth-order valence-electron chi connectivity index (χ4n) is 2.98. The maximum atomic E-state index is 13.0. The molecule has 0 radical (unpaired) electrons. The van der Waals surface area contributed by atoms with E-state index >= 15 is 0 Å². The van der Waals surface area contributed by atoms with E-state index in [4.69, 9.17) is 16.6 Å². The minimum absolute atomic E-state index is 0.00331. The molecule has 0 spiro atoms. The van der Waals surface area contributed by atoms with Crippen molar-refractivity contribution in [3.63, 3.8) is 0 Å². The van der Waals surface area contributed by atoms with Gasteiger partial charge in [-0.15, -0.1) is 0 Å². The number of hydrogen-bond donors (Lipinski definition) is 7. The van der Waals surface area contributed by atoms with Gasteiger partial charge in [-0.3, -0.25) is 24.0 Å². The molecule has 0 heterocycles. The zero-order chi connectivity index (χ0) is 27.1. The molecule has 0 aliphatic rings. The molecule has 0 rings (SSSR count). The molecule has 4 atom stereocenters. The number of rotatable bonds is 18. The van der Waals surface area contributed by atoms with Gasteiger partial charge >= 0.3 is 11.9 Å². The highest BCUT2D eigenvalue weighted by molar-refractivity contribution is 7.98. The SMILES string of the molecule is CSCCC(NC(=O)C(N)CCC(N)=O)C(=O)NC(CC(C)C)C(=O)NC(CCC(=O)O)C(=O)O. The molecule has 4 unspecified atom stereocenters. The maximum Gasteiger partial charge on any atom is 0.326 e. The Morgan fingerprint density at radius 1 is 0.800 bits per heavy atom. The molecule has 35 heavy (non-hydrogen) atoms. The van der Waals surface area contributed by atoms with E-state index in [0.29, 0.717) is 5.75 Å². The van der Waals surface area contributed by atoms with Crippen LogP contribution in [0.25, 0.3) is 0 Å². The number of carbonyl (C=O) groups excluding carboxylic acids is 4. The molecule has 0 saturated heterocycles. The van der Waals surface area contributed by atoms with Crippen LogP contribution in [0.4, 0.5) is 0 Å². The number of amides is 4. The summed E-state index contributed by atoms with van der Waals surface area (Å²) in [5.41, 5.74) is 10.8. The van der Waals surface area contributed by atoms with Gasteiger partial charge in [-0.25, -0.2) is 4.79 Å². The van der Waals surface area contributed by atoms with E-state index in [2.05, 4.69) is 16.0 Å². The molecule has 0 aromatic carbocycles. The third-order valence-electron chi connectivity index (χ3n) is 4.88. The number of carbonyl (C=O) groups is 6. The number of carboxylic acid groups (broad SMARTS) is 2. The number of thioether (sulfide) groups is 1. The van der Waals surface area contributed by atoms with Crippen molar-refractivity contribution in [2.45, 2.75) is 76.5 Å². The Bertz CT molecular complexity index is 764. The van der Waals surface area contributed by atoms with Gasteiger partial charge < -0.3 is 37.6 Å². The Balaban J connectivity index is 5.45. The lowest BCUT2D eigenvalue weighted by atomic mass is 10.0. The van der Waals surface area contributed by atoms with Crippen LogP contribution in [-0.4, -0.2) is 82.0 Å². The van der Waals surface area contributed by atoms with E-state index in [1.807, 2.05) is 6.26 Å². The molecule has 0 fully saturated rings. The fraction of sp³-hybridized carbons (Fsp3) is 0.714. The Hall–Kier alpha value is -2.87. The highest BCUT2D eigenvalue weighted by Crippen LogP contribution is 2.09. The molecule has 9 N–H and O–H groups in total. The summed E-state index contributed by atoms with van der Waals surface area (Å²) in [4.78, 5) is 71.3. The van der Waals surface area contributed by atoms with Crippen LogP contribution < -0.4 is 27.4 Å². The van der Waals surface area contributed by atoms with Crippen LogP contribution >= 0.6 is 11.8 Å². The molecule has 14 heteroatoms. The van der Waals surface area contributed by atoms with Gasteiger partial charge in [0, 0.05) is 12.8 Å². The van der Waals surface area contributed by atoms with Crippen LogP contribution in [0.15, 0.2) is 0 Å². The number of primary amides is 1. The fourth-order valence-corrected chi connectivity index (χ4v) is 3.46. The summed E-state index contributed by atoms with van der Waals surface area (Å²) in [6.45, 7) is 3.60. The van der Waals surface area contributed by atoms with Gasteiger partial charge in [0.1, 0.15) is 18.1 Å². The first-order chi connectivity index (χ1) is 16.3. The molecule has 200 valence electrons. The van der Waals surface area contributed by atoms with Crippen LogP contribution in [0, 0.1) is 5.92 Å². The first-order valence-corrected chi connectivity index (χ1v) is 12.6. The van der Waals surface area contributed by atoms with Crippen LogP contribution in [0.2, 0.25) is 0 Å². The second kappa shape index (κ2) is 16.7. The van der Waals surface area contributed by atoms with E-state index in [-0.39, 0.29) is 38.0 Å². The molecular weight excluding hydrogens is 482 g/mol. The lowest BCUT2D eigenvalue weighted by molar-refractivity contribution is -0.143. The predicted molar refractivity (Wildman–Crippen MR) is 129 cm³/mol. The number of aliphatic carboxylic acids is 2. The summed E-state index contributed by atoms with van der Waals surface area (Å²) in [7, 11) is 0. The third kappa shape index (κ3) is 14.2. The van der Waals surface area contributed by atoms with Gasteiger partial charge in [0.2, 0.25) is 23.6 Å². The minimum atomic E-state index is -1.44. The summed E-state index contributed by atoms with van der Waals surface area (Å²) in [5.74, 6) is -4.87. The normalized spacial score (nSPS) is 14.3. The number of hydrogen-bond acceptors (Lipinski definition) is 8. The molecule has 0 aromatic heterocycles.